The van der Waals surface area contributed by atoms with Gasteiger partial charge in [-0.05, 0) is 18.4 Å². The minimum absolute atomic E-state index is 0.415. The topological polar surface area (TPSA) is 72.3 Å². The molecular weight excluding hydrogens is 196 g/mol. The van der Waals surface area contributed by atoms with Crippen LogP contribution in [0.1, 0.15) is 18.4 Å². The van der Waals surface area contributed by atoms with E-state index in [9.17, 15) is 4.79 Å². The zero-order valence-corrected chi connectivity index (χ0v) is 8.38. The van der Waals surface area contributed by atoms with Gasteiger partial charge in [-0.2, -0.15) is 0 Å². The zero-order valence-electron chi connectivity index (χ0n) is 8.38. The van der Waals surface area contributed by atoms with Gasteiger partial charge in [0.05, 0.1) is 0 Å². The Bertz CT molecular complexity index is 362. The molecule has 1 atom stereocenters. The van der Waals surface area contributed by atoms with Crippen LogP contribution in [0.5, 0.6) is 0 Å². The largest absolute Gasteiger partial charge is 0.479 e. The number of carboxylic acids is 1. The van der Waals surface area contributed by atoms with Crippen molar-refractivity contribution in [1.29, 1.82) is 0 Å². The van der Waals surface area contributed by atoms with Gasteiger partial charge in [-0.25, -0.2) is 14.8 Å². The van der Waals surface area contributed by atoms with Gasteiger partial charge in [-0.15, -0.1) is 0 Å². The summed E-state index contributed by atoms with van der Waals surface area (Å²) < 4.78 is 5.04. The Kier molecular flexibility index (Phi) is 2.40. The van der Waals surface area contributed by atoms with Crippen molar-refractivity contribution in [2.24, 2.45) is 0 Å². The standard InChI is InChI=1S/C10H12N2O3/c1-15-8(9(13)14)10(2-3-10)7-4-11-6-12-5-7/h4-6,8H,2-3H2,1H3,(H,13,14). The third-order valence-electron chi connectivity index (χ3n) is 2.89. The lowest BCUT2D eigenvalue weighted by Crippen LogP contribution is -2.36. The van der Waals surface area contributed by atoms with Crippen LogP contribution in [0.2, 0.25) is 0 Å². The van der Waals surface area contributed by atoms with E-state index in [2.05, 4.69) is 9.97 Å². The highest BCUT2D eigenvalue weighted by Crippen LogP contribution is 2.51. The first kappa shape index (κ1) is 10.0. The fourth-order valence-electron chi connectivity index (χ4n) is 1.96. The number of ether oxygens (including phenoxy) is 1. The van der Waals surface area contributed by atoms with Gasteiger partial charge in [0.15, 0.2) is 6.10 Å². The number of nitrogens with zero attached hydrogens (tertiary/aromatic N) is 2. The second kappa shape index (κ2) is 3.58. The van der Waals surface area contributed by atoms with Crippen LogP contribution in [0.25, 0.3) is 0 Å². The van der Waals surface area contributed by atoms with E-state index in [4.69, 9.17) is 9.84 Å². The van der Waals surface area contributed by atoms with Gasteiger partial charge in [-0.3, -0.25) is 0 Å². The van der Waals surface area contributed by atoms with E-state index in [-0.39, 0.29) is 0 Å². The molecule has 0 radical (unpaired) electrons. The minimum atomic E-state index is -0.932. The molecule has 0 spiro atoms. The summed E-state index contributed by atoms with van der Waals surface area (Å²) >= 11 is 0. The third kappa shape index (κ3) is 1.59. The van der Waals surface area contributed by atoms with Gasteiger partial charge in [0.25, 0.3) is 0 Å². The van der Waals surface area contributed by atoms with E-state index in [0.29, 0.717) is 0 Å². The number of hydrogen-bond donors (Lipinski definition) is 1. The second-order valence-electron chi connectivity index (χ2n) is 3.74. The molecule has 1 aliphatic carbocycles. The van der Waals surface area contributed by atoms with E-state index in [1.54, 1.807) is 12.4 Å². The van der Waals surface area contributed by atoms with Gasteiger partial charge in [-0.1, -0.05) is 0 Å². The fraction of sp³-hybridized carbons (Fsp3) is 0.500. The van der Waals surface area contributed by atoms with E-state index in [1.165, 1.54) is 13.4 Å². The van der Waals surface area contributed by atoms with Crippen LogP contribution < -0.4 is 0 Å². The lowest BCUT2D eigenvalue weighted by atomic mass is 9.92. The molecule has 0 aliphatic heterocycles. The first-order chi connectivity index (χ1) is 7.20. The Morgan fingerprint density at radius 1 is 1.53 bits per heavy atom. The van der Waals surface area contributed by atoms with Crippen LogP contribution in [-0.2, 0) is 14.9 Å². The SMILES string of the molecule is COC(C(=O)O)C1(c2cncnc2)CC1. The van der Waals surface area contributed by atoms with Crippen molar-refractivity contribution in [3.8, 4) is 0 Å². The van der Waals surface area contributed by atoms with Crippen LogP contribution in [0.4, 0.5) is 0 Å². The third-order valence-corrected chi connectivity index (χ3v) is 2.89. The quantitative estimate of drug-likeness (QED) is 0.784. The normalized spacial score (nSPS) is 19.5. The van der Waals surface area contributed by atoms with Gasteiger partial charge in [0.2, 0.25) is 0 Å². The summed E-state index contributed by atoms with van der Waals surface area (Å²) in [5.74, 6) is -0.932. The van der Waals surface area contributed by atoms with Crippen LogP contribution in [0, 0.1) is 0 Å². The molecule has 1 aromatic rings. The number of hydrogen-bond acceptors (Lipinski definition) is 4. The first-order valence-electron chi connectivity index (χ1n) is 4.72. The predicted molar refractivity (Wildman–Crippen MR) is 51.4 cm³/mol. The van der Waals surface area contributed by atoms with Crippen molar-refractivity contribution in [3.05, 3.63) is 24.3 Å². The predicted octanol–water partition coefficient (Wildman–Crippen LogP) is 0.608. The van der Waals surface area contributed by atoms with Crippen molar-refractivity contribution >= 4 is 5.97 Å². The molecule has 1 unspecified atom stereocenters. The summed E-state index contributed by atoms with van der Waals surface area (Å²) in [4.78, 5) is 18.8. The molecule has 2 rings (SSSR count). The van der Waals surface area contributed by atoms with Crippen LogP contribution in [-0.4, -0.2) is 34.3 Å². The molecule has 5 nitrogen and oxygen atoms in total. The van der Waals surface area contributed by atoms with Crippen molar-refractivity contribution in [2.75, 3.05) is 7.11 Å². The van der Waals surface area contributed by atoms with Crippen molar-refractivity contribution < 1.29 is 14.6 Å². The molecule has 0 aromatic carbocycles. The van der Waals surface area contributed by atoms with Crippen molar-refractivity contribution in [1.82, 2.24) is 9.97 Å². The molecule has 15 heavy (non-hydrogen) atoms. The molecule has 1 fully saturated rings. The smallest absolute Gasteiger partial charge is 0.333 e. The van der Waals surface area contributed by atoms with Crippen molar-refractivity contribution in [2.45, 2.75) is 24.4 Å². The maximum absolute atomic E-state index is 11.0. The molecule has 0 bridgehead atoms. The number of aliphatic carboxylic acids is 1. The van der Waals surface area contributed by atoms with Gasteiger partial charge in [0, 0.05) is 24.9 Å². The number of carboxylic acid groups (broad SMARTS) is 1. The Morgan fingerprint density at radius 3 is 2.53 bits per heavy atom. The Balaban J connectivity index is 2.31. The molecule has 1 heterocycles. The Labute approximate surface area is 87.1 Å². The van der Waals surface area contributed by atoms with Crippen molar-refractivity contribution in [3.63, 3.8) is 0 Å². The molecule has 80 valence electrons. The summed E-state index contributed by atoms with van der Waals surface area (Å²) in [6.45, 7) is 0. The number of carbonyl (C=O) groups is 1. The number of aromatic nitrogens is 2. The Morgan fingerprint density at radius 2 is 2.13 bits per heavy atom. The highest BCUT2D eigenvalue weighted by atomic mass is 16.5. The maximum Gasteiger partial charge on any atom is 0.333 e. The lowest BCUT2D eigenvalue weighted by Gasteiger charge is -2.21. The summed E-state index contributed by atoms with van der Waals surface area (Å²) in [5.41, 5.74) is 0.432. The van der Waals surface area contributed by atoms with E-state index < -0.39 is 17.5 Å². The van der Waals surface area contributed by atoms with Crippen LogP contribution in [0.3, 0.4) is 0 Å². The van der Waals surface area contributed by atoms with Crippen LogP contribution >= 0.6 is 0 Å². The molecule has 1 aromatic heterocycles. The number of rotatable bonds is 4. The molecule has 1 aliphatic rings. The summed E-state index contributed by atoms with van der Waals surface area (Å²) in [5, 5.41) is 9.04. The summed E-state index contributed by atoms with van der Waals surface area (Å²) in [6.07, 6.45) is 5.58. The summed E-state index contributed by atoms with van der Waals surface area (Å²) in [6, 6.07) is 0. The molecular formula is C10H12N2O3. The molecule has 1 saturated carbocycles. The van der Waals surface area contributed by atoms with Gasteiger partial charge >= 0.3 is 5.97 Å². The number of methoxy groups -OCH3 is 1. The monoisotopic (exact) mass is 208 g/mol. The fourth-order valence-corrected chi connectivity index (χ4v) is 1.96. The average molecular weight is 208 g/mol. The molecule has 1 N–H and O–H groups in total. The zero-order chi connectivity index (χ0) is 10.9. The highest BCUT2D eigenvalue weighted by molar-refractivity contribution is 5.76. The second-order valence-corrected chi connectivity index (χ2v) is 3.74. The lowest BCUT2D eigenvalue weighted by molar-refractivity contribution is -0.150. The van der Waals surface area contributed by atoms with Crippen LogP contribution in [0.15, 0.2) is 18.7 Å². The first-order valence-corrected chi connectivity index (χ1v) is 4.72. The molecule has 0 saturated heterocycles. The highest BCUT2D eigenvalue weighted by Gasteiger charge is 2.54. The van der Waals surface area contributed by atoms with E-state index in [1.807, 2.05) is 0 Å². The maximum atomic E-state index is 11.0. The Hall–Kier alpha value is -1.49. The molecule has 0 amide bonds. The molecule has 5 heteroatoms. The van der Waals surface area contributed by atoms with Gasteiger partial charge in [0.1, 0.15) is 6.33 Å². The van der Waals surface area contributed by atoms with Gasteiger partial charge < -0.3 is 9.84 Å². The van der Waals surface area contributed by atoms with E-state index >= 15 is 0 Å². The van der Waals surface area contributed by atoms with E-state index in [0.717, 1.165) is 18.4 Å². The summed E-state index contributed by atoms with van der Waals surface area (Å²) in [7, 11) is 1.42. The minimum Gasteiger partial charge on any atom is -0.479 e. The average Bonchev–Trinajstić information content (AvgIpc) is 3.01.